The predicted octanol–water partition coefficient (Wildman–Crippen LogP) is 5.15. The van der Waals surface area contributed by atoms with Gasteiger partial charge < -0.3 is 37.1 Å². The fourth-order valence-electron chi connectivity index (χ4n) is 6.07. The van der Waals surface area contributed by atoms with Gasteiger partial charge in [0.25, 0.3) is 5.91 Å². The monoisotopic (exact) mass is 790 g/mol. The number of nitrogens with one attached hydrogen (secondary N) is 5. The van der Waals surface area contributed by atoms with E-state index in [9.17, 15) is 37.1 Å². The summed E-state index contributed by atoms with van der Waals surface area (Å²) in [6.45, 7) is 15.0. The minimum absolute atomic E-state index is 0.00299. The van der Waals surface area contributed by atoms with Gasteiger partial charge in [-0.15, -0.1) is 13.2 Å². The van der Waals surface area contributed by atoms with Crippen molar-refractivity contribution in [2.24, 2.45) is 23.5 Å². The standard InChI is InChI=1S/C41H61F3N6O6/c1-9-26(8)36(40(55)46-29(10-2)11-3)49-34(51)23-31(45)32(22-27-15-13-12-14-16-27)47-39(54)35(25(6)7)50-38(53)33(21-24(4)5)48-37(52)28-17-19-30(20-18-28)56-41(42,43)44/h12-20,24-26,29,31-33,35-36H,9-11,21-23,45H2,1-8H3,(H,46,55)(H,47,54)(H,48,52)(H,49,51)(H,50,53)/t26-,31-,32-,33-,35-,36-/m0/s1. The first-order valence-corrected chi connectivity index (χ1v) is 19.4. The molecule has 0 saturated carbocycles. The van der Waals surface area contributed by atoms with Crippen LogP contribution in [0.4, 0.5) is 13.2 Å². The molecule has 2 rings (SSSR count). The lowest BCUT2D eigenvalue weighted by atomic mass is 9.94. The van der Waals surface area contributed by atoms with Crippen molar-refractivity contribution in [2.75, 3.05) is 0 Å². The van der Waals surface area contributed by atoms with Crippen molar-refractivity contribution in [3.63, 3.8) is 0 Å². The van der Waals surface area contributed by atoms with Crippen LogP contribution in [0.15, 0.2) is 54.6 Å². The van der Waals surface area contributed by atoms with E-state index in [4.69, 9.17) is 5.73 Å². The van der Waals surface area contributed by atoms with Crippen LogP contribution in [0.2, 0.25) is 0 Å². The van der Waals surface area contributed by atoms with E-state index in [1.807, 2.05) is 71.9 Å². The summed E-state index contributed by atoms with van der Waals surface area (Å²) < 4.78 is 41.7. The molecule has 56 heavy (non-hydrogen) atoms. The van der Waals surface area contributed by atoms with Gasteiger partial charge in [-0.1, -0.05) is 92.1 Å². The third-order valence-electron chi connectivity index (χ3n) is 9.63. The van der Waals surface area contributed by atoms with E-state index in [0.717, 1.165) is 42.7 Å². The van der Waals surface area contributed by atoms with Gasteiger partial charge in [-0.05, 0) is 73.3 Å². The molecular formula is C41H61F3N6O6. The molecule has 0 unspecified atom stereocenters. The maximum absolute atomic E-state index is 14.0. The summed E-state index contributed by atoms with van der Waals surface area (Å²) in [7, 11) is 0. The van der Waals surface area contributed by atoms with Gasteiger partial charge in [-0.3, -0.25) is 24.0 Å². The summed E-state index contributed by atoms with van der Waals surface area (Å²) in [5.74, 6) is -3.74. The molecule has 0 aliphatic heterocycles. The predicted molar refractivity (Wildman–Crippen MR) is 209 cm³/mol. The van der Waals surface area contributed by atoms with E-state index < -0.39 is 71.9 Å². The molecule has 312 valence electrons. The fourth-order valence-corrected chi connectivity index (χ4v) is 6.07. The Bertz CT molecular complexity index is 1550. The molecule has 7 N–H and O–H groups in total. The van der Waals surface area contributed by atoms with Crippen LogP contribution in [0.1, 0.15) is 103 Å². The number of carbonyl (C=O) groups excluding carboxylic acids is 5. The molecule has 0 fully saturated rings. The van der Waals surface area contributed by atoms with Crippen molar-refractivity contribution >= 4 is 29.5 Å². The Morgan fingerprint density at radius 2 is 1.30 bits per heavy atom. The number of ether oxygens (including phenoxy) is 1. The van der Waals surface area contributed by atoms with Crippen LogP contribution in [-0.4, -0.2) is 72.1 Å². The number of rotatable bonds is 22. The highest BCUT2D eigenvalue weighted by Crippen LogP contribution is 2.23. The number of nitrogens with two attached hydrogens (primary N) is 1. The molecule has 5 amide bonds. The molecule has 0 heterocycles. The van der Waals surface area contributed by atoms with Crippen molar-refractivity contribution < 1.29 is 41.9 Å². The molecule has 6 atom stereocenters. The number of halogens is 3. The molecule has 0 radical (unpaired) electrons. The Kier molecular flexibility index (Phi) is 19.3. The second-order valence-electron chi connectivity index (χ2n) is 15.1. The SMILES string of the molecule is CCC(CC)NC(=O)[C@@H](NC(=O)C[C@H](N)[C@H](Cc1ccccc1)NC(=O)[C@@H](NC(=O)[C@H](CC(C)C)NC(=O)c1ccc(OC(F)(F)F)cc1)C(C)C)[C@@H](C)CC. The Labute approximate surface area is 329 Å². The number of hydrogen-bond donors (Lipinski definition) is 6. The van der Waals surface area contributed by atoms with Crippen LogP contribution in [0.5, 0.6) is 5.75 Å². The van der Waals surface area contributed by atoms with Gasteiger partial charge >= 0.3 is 6.36 Å². The van der Waals surface area contributed by atoms with Crippen molar-refractivity contribution in [3.05, 3.63) is 65.7 Å². The molecule has 15 heteroatoms. The number of benzene rings is 2. The Morgan fingerprint density at radius 1 is 0.714 bits per heavy atom. The van der Waals surface area contributed by atoms with Crippen molar-refractivity contribution in [2.45, 2.75) is 137 Å². The fraction of sp³-hybridized carbons (Fsp3) is 0.585. The lowest BCUT2D eigenvalue weighted by molar-refractivity contribution is -0.274. The number of alkyl halides is 3. The first-order valence-electron chi connectivity index (χ1n) is 19.4. The average molecular weight is 791 g/mol. The first kappa shape index (κ1) is 47.5. The third kappa shape index (κ3) is 16.2. The van der Waals surface area contributed by atoms with Crippen LogP contribution < -0.4 is 37.1 Å². The number of hydrogen-bond acceptors (Lipinski definition) is 7. The van der Waals surface area contributed by atoms with Gasteiger partial charge in [0.2, 0.25) is 23.6 Å². The lowest BCUT2D eigenvalue weighted by Crippen LogP contribution is -2.59. The zero-order valence-corrected chi connectivity index (χ0v) is 33.8. The van der Waals surface area contributed by atoms with Crippen LogP contribution in [0.3, 0.4) is 0 Å². The quantitative estimate of drug-likeness (QED) is 0.0955. The van der Waals surface area contributed by atoms with Gasteiger partial charge in [-0.25, -0.2) is 0 Å². The van der Waals surface area contributed by atoms with Gasteiger partial charge in [0, 0.05) is 30.1 Å². The highest BCUT2D eigenvalue weighted by Gasteiger charge is 2.34. The minimum Gasteiger partial charge on any atom is -0.406 e. The van der Waals surface area contributed by atoms with Gasteiger partial charge in [0.15, 0.2) is 0 Å². The molecule has 0 bridgehead atoms. The zero-order valence-electron chi connectivity index (χ0n) is 33.8. The summed E-state index contributed by atoms with van der Waals surface area (Å²) >= 11 is 0. The van der Waals surface area contributed by atoms with E-state index in [-0.39, 0.29) is 48.6 Å². The Hall–Kier alpha value is -4.66. The molecule has 0 saturated heterocycles. The third-order valence-corrected chi connectivity index (χ3v) is 9.63. The maximum Gasteiger partial charge on any atom is 0.573 e. The van der Waals surface area contributed by atoms with Crippen molar-refractivity contribution in [1.82, 2.24) is 26.6 Å². The van der Waals surface area contributed by atoms with Crippen molar-refractivity contribution in [1.29, 1.82) is 0 Å². The van der Waals surface area contributed by atoms with E-state index in [1.54, 1.807) is 13.8 Å². The van der Waals surface area contributed by atoms with E-state index in [2.05, 4.69) is 31.3 Å². The van der Waals surface area contributed by atoms with Crippen LogP contribution >= 0.6 is 0 Å². The molecule has 12 nitrogen and oxygen atoms in total. The second-order valence-corrected chi connectivity index (χ2v) is 15.1. The topological polar surface area (TPSA) is 181 Å². The van der Waals surface area contributed by atoms with Gasteiger partial charge in [-0.2, -0.15) is 0 Å². The highest BCUT2D eigenvalue weighted by molar-refractivity contribution is 5.98. The summed E-state index contributed by atoms with van der Waals surface area (Å²) in [5, 5.41) is 14.3. The number of amides is 5. The van der Waals surface area contributed by atoms with Gasteiger partial charge in [0.1, 0.15) is 23.9 Å². The maximum atomic E-state index is 14.0. The largest absolute Gasteiger partial charge is 0.573 e. The number of carbonyl (C=O) groups is 5. The summed E-state index contributed by atoms with van der Waals surface area (Å²) in [4.78, 5) is 67.5. The molecular weight excluding hydrogens is 729 g/mol. The van der Waals surface area contributed by atoms with Crippen LogP contribution in [-0.2, 0) is 25.6 Å². The lowest BCUT2D eigenvalue weighted by Gasteiger charge is -2.31. The molecule has 2 aromatic rings. The molecule has 0 aliphatic carbocycles. The van der Waals surface area contributed by atoms with Gasteiger partial charge in [0.05, 0.1) is 0 Å². The first-order chi connectivity index (χ1) is 26.3. The van der Waals surface area contributed by atoms with Crippen LogP contribution in [0.25, 0.3) is 0 Å². The van der Waals surface area contributed by atoms with E-state index >= 15 is 0 Å². The van der Waals surface area contributed by atoms with E-state index in [1.165, 1.54) is 0 Å². The molecule has 0 aliphatic rings. The summed E-state index contributed by atoms with van der Waals surface area (Å²) in [5.41, 5.74) is 7.50. The smallest absolute Gasteiger partial charge is 0.406 e. The van der Waals surface area contributed by atoms with E-state index in [0.29, 0.717) is 6.42 Å². The van der Waals surface area contributed by atoms with Crippen LogP contribution in [0, 0.1) is 17.8 Å². The Balaban J connectivity index is 2.26. The molecule has 0 aromatic heterocycles. The van der Waals surface area contributed by atoms with Crippen molar-refractivity contribution in [3.8, 4) is 5.75 Å². The zero-order chi connectivity index (χ0) is 42.2. The second kappa shape index (κ2) is 22.8. The minimum atomic E-state index is -4.90. The highest BCUT2D eigenvalue weighted by atomic mass is 19.4. The molecule has 2 aromatic carbocycles. The Morgan fingerprint density at radius 3 is 1.82 bits per heavy atom. The normalized spacial score (nSPS) is 14.9. The summed E-state index contributed by atoms with van der Waals surface area (Å²) in [6.07, 6.45) is -2.48. The summed E-state index contributed by atoms with van der Waals surface area (Å²) in [6, 6.07) is 8.94. The average Bonchev–Trinajstić information content (AvgIpc) is 3.13. The molecule has 0 spiro atoms.